The largest absolute Gasteiger partial charge is 0.414 e. The highest BCUT2D eigenvalue weighted by Gasteiger charge is 2.28. The van der Waals surface area contributed by atoms with E-state index in [1.165, 1.54) is 0 Å². The zero-order valence-electron chi connectivity index (χ0n) is 20.7. The maximum absolute atomic E-state index is 9.46. The molecule has 36 heavy (non-hydrogen) atoms. The third-order valence-corrected chi connectivity index (χ3v) is 6.48. The molecule has 1 aromatic carbocycles. The zero-order chi connectivity index (χ0) is 25.4. The molecule has 1 fully saturated rings. The van der Waals surface area contributed by atoms with Gasteiger partial charge in [-0.3, -0.25) is 4.98 Å². The minimum absolute atomic E-state index is 0.184. The van der Waals surface area contributed by atoms with Gasteiger partial charge in [-0.25, -0.2) is 9.97 Å². The number of nitrogens with two attached hydrogens (primary N) is 1. The van der Waals surface area contributed by atoms with Crippen molar-refractivity contribution in [1.82, 2.24) is 30.0 Å². The molecule has 0 unspecified atom stereocenters. The van der Waals surface area contributed by atoms with Gasteiger partial charge < -0.3 is 20.0 Å². The molecule has 0 bridgehead atoms. The number of nitriles is 1. The molecule has 0 radical (unpaired) electrons. The standard InChI is InChI=1S/C26H27N9O/c1-26(2,15-27)21-11-17(9-10-29-21)20-12-30-23(28)22(31-20)25-33-32-24(36-25)16-5-7-18(8-6-16)35-13-19(14-35)34(3)4/h5-12,19H,13-14H2,1-4H3,(H2,28,30). The van der Waals surface area contributed by atoms with E-state index < -0.39 is 5.41 Å². The van der Waals surface area contributed by atoms with Gasteiger partial charge in [-0.2, -0.15) is 5.26 Å². The van der Waals surface area contributed by atoms with Gasteiger partial charge in [0.2, 0.25) is 5.89 Å². The fourth-order valence-electron chi connectivity index (χ4n) is 3.93. The van der Waals surface area contributed by atoms with Gasteiger partial charge in [0.15, 0.2) is 11.5 Å². The highest BCUT2D eigenvalue weighted by atomic mass is 16.4. The number of nitrogens with zero attached hydrogens (tertiary/aromatic N) is 8. The Morgan fingerprint density at radius 1 is 1.06 bits per heavy atom. The van der Waals surface area contributed by atoms with E-state index in [0.29, 0.717) is 29.0 Å². The van der Waals surface area contributed by atoms with Crippen molar-refractivity contribution in [3.8, 4) is 40.4 Å². The summed E-state index contributed by atoms with van der Waals surface area (Å²) in [4.78, 5) is 17.8. The topological polar surface area (TPSA) is 134 Å². The van der Waals surface area contributed by atoms with Crippen LogP contribution in [-0.4, -0.2) is 63.3 Å². The third kappa shape index (κ3) is 4.36. The molecule has 0 atom stereocenters. The van der Waals surface area contributed by atoms with Gasteiger partial charge >= 0.3 is 0 Å². The number of benzene rings is 1. The lowest BCUT2D eigenvalue weighted by molar-refractivity contribution is 0.247. The highest BCUT2D eigenvalue weighted by Crippen LogP contribution is 2.31. The van der Waals surface area contributed by atoms with Crippen molar-refractivity contribution in [3.05, 3.63) is 54.5 Å². The lowest BCUT2D eigenvalue weighted by Crippen LogP contribution is -2.57. The first-order chi connectivity index (χ1) is 17.2. The van der Waals surface area contributed by atoms with Crippen LogP contribution in [0.5, 0.6) is 0 Å². The van der Waals surface area contributed by atoms with Crippen LogP contribution in [0.1, 0.15) is 19.5 Å². The normalized spacial score (nSPS) is 14.1. The Labute approximate surface area is 209 Å². The van der Waals surface area contributed by atoms with Gasteiger partial charge in [0.05, 0.1) is 29.1 Å². The van der Waals surface area contributed by atoms with E-state index in [2.05, 4.69) is 67.2 Å². The molecule has 0 aliphatic carbocycles. The summed E-state index contributed by atoms with van der Waals surface area (Å²) in [6.45, 7) is 5.66. The predicted molar refractivity (Wildman–Crippen MR) is 137 cm³/mol. The minimum Gasteiger partial charge on any atom is -0.414 e. The van der Waals surface area contributed by atoms with Crippen molar-refractivity contribution in [2.24, 2.45) is 0 Å². The molecule has 0 saturated carbocycles. The van der Waals surface area contributed by atoms with Crippen LogP contribution >= 0.6 is 0 Å². The van der Waals surface area contributed by atoms with Gasteiger partial charge in [0.25, 0.3) is 5.89 Å². The predicted octanol–water partition coefficient (Wildman–Crippen LogP) is 3.39. The molecule has 4 aromatic rings. The van der Waals surface area contributed by atoms with Crippen LogP contribution in [0.2, 0.25) is 0 Å². The summed E-state index contributed by atoms with van der Waals surface area (Å²) < 4.78 is 5.93. The summed E-state index contributed by atoms with van der Waals surface area (Å²) in [6, 6.07) is 14.5. The summed E-state index contributed by atoms with van der Waals surface area (Å²) in [7, 11) is 4.21. The minimum atomic E-state index is -0.735. The Hall–Kier alpha value is -4.36. The molecule has 0 spiro atoms. The molecule has 5 rings (SSSR count). The van der Waals surface area contributed by atoms with Gasteiger partial charge in [-0.1, -0.05) is 0 Å². The average Bonchev–Trinajstić information content (AvgIpc) is 3.34. The molecule has 1 aliphatic rings. The number of nitrogen functional groups attached to an aromatic ring is 1. The van der Waals surface area contributed by atoms with Crippen molar-refractivity contribution in [1.29, 1.82) is 5.26 Å². The Bertz CT molecular complexity index is 1430. The molecule has 10 nitrogen and oxygen atoms in total. The van der Waals surface area contributed by atoms with Crippen molar-refractivity contribution >= 4 is 11.5 Å². The van der Waals surface area contributed by atoms with Crippen LogP contribution in [0.25, 0.3) is 34.3 Å². The van der Waals surface area contributed by atoms with Crippen LogP contribution in [-0.2, 0) is 5.41 Å². The number of aromatic nitrogens is 5. The number of hydrogen-bond donors (Lipinski definition) is 1. The first-order valence-corrected chi connectivity index (χ1v) is 11.6. The van der Waals surface area contributed by atoms with E-state index in [0.717, 1.165) is 29.9 Å². The Kier molecular flexibility index (Phi) is 5.86. The summed E-state index contributed by atoms with van der Waals surface area (Å²) in [6.07, 6.45) is 3.22. The molecule has 1 aliphatic heterocycles. The van der Waals surface area contributed by atoms with E-state index in [1.807, 2.05) is 32.0 Å². The van der Waals surface area contributed by atoms with E-state index in [-0.39, 0.29) is 11.7 Å². The maximum Gasteiger partial charge on any atom is 0.270 e. The zero-order valence-corrected chi connectivity index (χ0v) is 20.7. The van der Waals surface area contributed by atoms with Crippen molar-refractivity contribution in [3.63, 3.8) is 0 Å². The molecule has 1 saturated heterocycles. The molecule has 0 amide bonds. The number of hydrogen-bond acceptors (Lipinski definition) is 10. The smallest absolute Gasteiger partial charge is 0.270 e. The number of rotatable bonds is 6. The monoisotopic (exact) mass is 481 g/mol. The first kappa shape index (κ1) is 23.4. The number of likely N-dealkylation sites (N-methyl/N-ethyl adjacent to an activating group) is 1. The molecule has 2 N–H and O–H groups in total. The molecule has 3 aromatic heterocycles. The summed E-state index contributed by atoms with van der Waals surface area (Å²) >= 11 is 0. The van der Waals surface area contributed by atoms with Gasteiger partial charge in [-0.15, -0.1) is 10.2 Å². The lowest BCUT2D eigenvalue weighted by atomic mass is 9.90. The van der Waals surface area contributed by atoms with Gasteiger partial charge in [0.1, 0.15) is 0 Å². The first-order valence-electron chi connectivity index (χ1n) is 11.6. The lowest BCUT2D eigenvalue weighted by Gasteiger charge is -2.44. The second-order valence-corrected chi connectivity index (χ2v) is 9.64. The third-order valence-electron chi connectivity index (χ3n) is 6.48. The SMILES string of the molecule is CN(C)C1CN(c2ccc(-c3nnc(-c4nc(-c5ccnc(C(C)(C)C#N)c5)cnc4N)o3)cc2)C1. The van der Waals surface area contributed by atoms with E-state index >= 15 is 0 Å². The van der Waals surface area contributed by atoms with Crippen molar-refractivity contribution < 1.29 is 4.42 Å². The van der Waals surface area contributed by atoms with E-state index in [4.69, 9.17) is 10.2 Å². The quantitative estimate of drug-likeness (QED) is 0.437. The highest BCUT2D eigenvalue weighted by molar-refractivity contribution is 5.69. The summed E-state index contributed by atoms with van der Waals surface area (Å²) in [5, 5.41) is 17.8. The van der Waals surface area contributed by atoms with Crippen molar-refractivity contribution in [2.45, 2.75) is 25.3 Å². The Morgan fingerprint density at radius 2 is 1.78 bits per heavy atom. The van der Waals surface area contributed by atoms with Crippen molar-refractivity contribution in [2.75, 3.05) is 37.8 Å². The fourth-order valence-corrected chi connectivity index (χ4v) is 3.93. The van der Waals surface area contributed by atoms with Gasteiger partial charge in [0, 0.05) is 42.1 Å². The molecular formula is C26H27N9O. The number of pyridine rings is 1. The molecule has 4 heterocycles. The molecular weight excluding hydrogens is 454 g/mol. The van der Waals surface area contributed by atoms with Gasteiger partial charge in [-0.05, 0) is 64.3 Å². The number of anilines is 2. The van der Waals surface area contributed by atoms with Crippen LogP contribution in [0.4, 0.5) is 11.5 Å². The average molecular weight is 482 g/mol. The second kappa shape index (κ2) is 9.02. The van der Waals surface area contributed by atoms with Crippen LogP contribution in [0, 0.1) is 11.3 Å². The summed E-state index contributed by atoms with van der Waals surface area (Å²) in [5.74, 6) is 0.744. The molecule has 182 valence electrons. The van der Waals surface area contributed by atoms with Crippen LogP contribution < -0.4 is 10.6 Å². The van der Waals surface area contributed by atoms with Crippen LogP contribution in [0.3, 0.4) is 0 Å². The Morgan fingerprint density at radius 3 is 2.47 bits per heavy atom. The van der Waals surface area contributed by atoms with E-state index in [9.17, 15) is 5.26 Å². The Balaban J connectivity index is 1.39. The fraction of sp³-hybridized carbons (Fsp3) is 0.308. The van der Waals surface area contributed by atoms with Crippen LogP contribution in [0.15, 0.2) is 53.2 Å². The molecule has 10 heteroatoms. The van der Waals surface area contributed by atoms with E-state index in [1.54, 1.807) is 18.5 Å². The second-order valence-electron chi connectivity index (χ2n) is 9.64. The maximum atomic E-state index is 9.46. The summed E-state index contributed by atoms with van der Waals surface area (Å²) in [5.41, 5.74) is 9.61.